The lowest BCUT2D eigenvalue weighted by atomic mass is 9.90. The number of rotatable bonds is 4. The Balaban J connectivity index is 1.75. The summed E-state index contributed by atoms with van der Waals surface area (Å²) in [5, 5.41) is 1.50. The van der Waals surface area contributed by atoms with Crippen molar-refractivity contribution in [2.24, 2.45) is 0 Å². The minimum atomic E-state index is -0.180. The van der Waals surface area contributed by atoms with Gasteiger partial charge in [-0.05, 0) is 39.1 Å². The standard InChI is InChI=1S/C19H24ClN3O2/c1-22(2)13-19(25-3)9-11-23(12-10-19)18(24)16-8-7-14-5-4-6-15(20)17(14)21-16/h4-8H,9-13H2,1-3H3. The molecule has 3 rings (SSSR count). The van der Waals surface area contributed by atoms with Crippen molar-refractivity contribution < 1.29 is 9.53 Å². The van der Waals surface area contributed by atoms with Crippen LogP contribution in [-0.4, -0.2) is 67.1 Å². The summed E-state index contributed by atoms with van der Waals surface area (Å²) in [6, 6.07) is 9.29. The van der Waals surface area contributed by atoms with Crippen LogP contribution < -0.4 is 0 Å². The van der Waals surface area contributed by atoms with Crippen LogP contribution in [0.25, 0.3) is 10.9 Å². The summed E-state index contributed by atoms with van der Waals surface area (Å²) in [6.45, 7) is 2.20. The number of benzene rings is 1. The third kappa shape index (κ3) is 3.78. The number of carbonyl (C=O) groups excluding carboxylic acids is 1. The van der Waals surface area contributed by atoms with E-state index in [9.17, 15) is 4.79 Å². The number of likely N-dealkylation sites (N-methyl/N-ethyl adjacent to an activating group) is 1. The number of ether oxygens (including phenoxy) is 1. The van der Waals surface area contributed by atoms with Gasteiger partial charge in [0.05, 0.1) is 16.1 Å². The number of hydrogen-bond acceptors (Lipinski definition) is 4. The first kappa shape index (κ1) is 18.1. The molecular formula is C19H24ClN3O2. The molecule has 5 nitrogen and oxygen atoms in total. The number of halogens is 1. The third-order valence-electron chi connectivity index (χ3n) is 4.89. The number of amides is 1. The van der Waals surface area contributed by atoms with E-state index in [1.165, 1.54) is 0 Å². The van der Waals surface area contributed by atoms with Gasteiger partial charge in [-0.1, -0.05) is 29.8 Å². The molecule has 6 heteroatoms. The van der Waals surface area contributed by atoms with E-state index in [-0.39, 0.29) is 11.5 Å². The number of aromatic nitrogens is 1. The maximum absolute atomic E-state index is 12.8. The monoisotopic (exact) mass is 361 g/mol. The molecule has 2 aromatic rings. The van der Waals surface area contributed by atoms with Gasteiger partial charge in [0, 0.05) is 32.1 Å². The Kier molecular flexibility index (Phi) is 5.27. The van der Waals surface area contributed by atoms with Crippen LogP contribution in [0.1, 0.15) is 23.3 Å². The highest BCUT2D eigenvalue weighted by Crippen LogP contribution is 2.28. The zero-order valence-electron chi connectivity index (χ0n) is 15.0. The molecule has 0 radical (unpaired) electrons. The summed E-state index contributed by atoms with van der Waals surface area (Å²) in [5.74, 6) is -0.0450. The molecule has 0 saturated carbocycles. The summed E-state index contributed by atoms with van der Waals surface area (Å²) in [4.78, 5) is 21.3. The molecule has 1 amide bonds. The maximum atomic E-state index is 12.8. The van der Waals surface area contributed by atoms with Crippen LogP contribution in [0.2, 0.25) is 5.02 Å². The lowest BCUT2D eigenvalue weighted by Gasteiger charge is -2.42. The van der Waals surface area contributed by atoms with E-state index in [2.05, 4.69) is 9.88 Å². The summed E-state index contributed by atoms with van der Waals surface area (Å²) < 4.78 is 5.78. The normalized spacial score (nSPS) is 17.2. The molecule has 0 N–H and O–H groups in total. The minimum Gasteiger partial charge on any atom is -0.377 e. The minimum absolute atomic E-state index is 0.0450. The second kappa shape index (κ2) is 7.28. The average molecular weight is 362 g/mol. The zero-order valence-corrected chi connectivity index (χ0v) is 15.7. The van der Waals surface area contributed by atoms with Gasteiger partial charge in [0.1, 0.15) is 5.69 Å². The molecule has 1 saturated heterocycles. The molecular weight excluding hydrogens is 338 g/mol. The molecule has 0 bridgehead atoms. The van der Waals surface area contributed by atoms with Crippen LogP contribution in [0.15, 0.2) is 30.3 Å². The predicted octanol–water partition coefficient (Wildman–Crippen LogP) is 3.07. The Morgan fingerprint density at radius 2 is 2.00 bits per heavy atom. The van der Waals surface area contributed by atoms with E-state index < -0.39 is 0 Å². The van der Waals surface area contributed by atoms with Crippen molar-refractivity contribution in [1.82, 2.24) is 14.8 Å². The lowest BCUT2D eigenvalue weighted by Crippen LogP contribution is -2.52. The fourth-order valence-electron chi connectivity index (χ4n) is 3.51. The molecule has 0 spiro atoms. The number of likely N-dealkylation sites (tertiary alicyclic amines) is 1. The van der Waals surface area contributed by atoms with Gasteiger partial charge in [-0.15, -0.1) is 0 Å². The molecule has 134 valence electrons. The second-order valence-electron chi connectivity index (χ2n) is 6.93. The molecule has 1 aromatic carbocycles. The van der Waals surface area contributed by atoms with Gasteiger partial charge < -0.3 is 14.5 Å². The summed E-state index contributed by atoms with van der Waals surface area (Å²) in [7, 11) is 5.84. The number of methoxy groups -OCH3 is 1. The van der Waals surface area contributed by atoms with E-state index >= 15 is 0 Å². The fourth-order valence-corrected chi connectivity index (χ4v) is 3.74. The van der Waals surface area contributed by atoms with Gasteiger partial charge in [0.2, 0.25) is 0 Å². The van der Waals surface area contributed by atoms with E-state index in [0.717, 1.165) is 24.8 Å². The van der Waals surface area contributed by atoms with Crippen molar-refractivity contribution in [3.8, 4) is 0 Å². The van der Waals surface area contributed by atoms with Gasteiger partial charge in [0.15, 0.2) is 0 Å². The number of pyridine rings is 1. The Labute approximate surface area is 153 Å². The Bertz CT molecular complexity index is 770. The van der Waals surface area contributed by atoms with Gasteiger partial charge in [0.25, 0.3) is 5.91 Å². The lowest BCUT2D eigenvalue weighted by molar-refractivity contribution is -0.0654. The molecule has 1 fully saturated rings. The molecule has 0 unspecified atom stereocenters. The molecule has 2 heterocycles. The van der Waals surface area contributed by atoms with Crippen molar-refractivity contribution in [1.29, 1.82) is 0 Å². The first-order chi connectivity index (χ1) is 11.9. The first-order valence-electron chi connectivity index (χ1n) is 8.48. The van der Waals surface area contributed by atoms with Gasteiger partial charge in [-0.3, -0.25) is 4.79 Å². The highest BCUT2D eigenvalue weighted by molar-refractivity contribution is 6.35. The summed E-state index contributed by atoms with van der Waals surface area (Å²) in [6.07, 6.45) is 1.64. The smallest absolute Gasteiger partial charge is 0.272 e. The van der Waals surface area contributed by atoms with Crippen LogP contribution in [-0.2, 0) is 4.74 Å². The fraction of sp³-hybridized carbons (Fsp3) is 0.474. The van der Waals surface area contributed by atoms with Crippen LogP contribution >= 0.6 is 11.6 Å². The topological polar surface area (TPSA) is 45.7 Å². The first-order valence-corrected chi connectivity index (χ1v) is 8.86. The van der Waals surface area contributed by atoms with E-state index in [1.807, 2.05) is 37.2 Å². The molecule has 1 aliphatic heterocycles. The number of piperidine rings is 1. The number of carbonyl (C=O) groups is 1. The van der Waals surface area contributed by atoms with Crippen LogP contribution in [0.3, 0.4) is 0 Å². The van der Waals surface area contributed by atoms with E-state index in [1.54, 1.807) is 19.2 Å². The highest BCUT2D eigenvalue weighted by atomic mass is 35.5. The zero-order chi connectivity index (χ0) is 18.0. The van der Waals surface area contributed by atoms with Gasteiger partial charge in [-0.25, -0.2) is 4.98 Å². The van der Waals surface area contributed by atoms with Crippen molar-refractivity contribution in [3.05, 3.63) is 41.0 Å². The molecule has 1 aromatic heterocycles. The van der Waals surface area contributed by atoms with Gasteiger partial charge >= 0.3 is 0 Å². The van der Waals surface area contributed by atoms with Crippen molar-refractivity contribution in [2.75, 3.05) is 40.8 Å². The Hall–Kier alpha value is -1.69. The molecule has 1 aliphatic rings. The third-order valence-corrected chi connectivity index (χ3v) is 5.19. The Morgan fingerprint density at radius 3 is 2.64 bits per heavy atom. The van der Waals surface area contributed by atoms with Crippen LogP contribution in [0.5, 0.6) is 0 Å². The number of hydrogen-bond donors (Lipinski definition) is 0. The van der Waals surface area contributed by atoms with E-state index in [0.29, 0.717) is 29.3 Å². The van der Waals surface area contributed by atoms with Gasteiger partial charge in [-0.2, -0.15) is 0 Å². The largest absolute Gasteiger partial charge is 0.377 e. The maximum Gasteiger partial charge on any atom is 0.272 e. The van der Waals surface area contributed by atoms with Crippen molar-refractivity contribution in [2.45, 2.75) is 18.4 Å². The average Bonchev–Trinajstić information content (AvgIpc) is 2.61. The number of nitrogens with zero attached hydrogens (tertiary/aromatic N) is 3. The van der Waals surface area contributed by atoms with Crippen LogP contribution in [0, 0.1) is 0 Å². The molecule has 0 atom stereocenters. The second-order valence-corrected chi connectivity index (χ2v) is 7.33. The Morgan fingerprint density at radius 1 is 1.28 bits per heavy atom. The summed E-state index contributed by atoms with van der Waals surface area (Å²) >= 11 is 6.22. The van der Waals surface area contributed by atoms with Crippen molar-refractivity contribution in [3.63, 3.8) is 0 Å². The number of fused-ring (bicyclic) bond motifs is 1. The molecule has 25 heavy (non-hydrogen) atoms. The quantitative estimate of drug-likeness (QED) is 0.839. The van der Waals surface area contributed by atoms with Crippen molar-refractivity contribution >= 4 is 28.4 Å². The highest BCUT2D eigenvalue weighted by Gasteiger charge is 2.36. The van der Waals surface area contributed by atoms with E-state index in [4.69, 9.17) is 16.3 Å². The summed E-state index contributed by atoms with van der Waals surface area (Å²) in [5.41, 5.74) is 0.935. The molecule has 0 aliphatic carbocycles. The number of para-hydroxylation sites is 1. The SMILES string of the molecule is COC1(CN(C)C)CCN(C(=O)c2ccc3cccc(Cl)c3n2)CC1. The van der Waals surface area contributed by atoms with Crippen LogP contribution in [0.4, 0.5) is 0 Å². The predicted molar refractivity (Wildman–Crippen MR) is 100 cm³/mol.